The van der Waals surface area contributed by atoms with E-state index in [2.05, 4.69) is 53.8 Å². The molecule has 1 unspecified atom stereocenters. The average Bonchev–Trinajstić information content (AvgIpc) is 2.37. The Bertz CT molecular complexity index is 365. The topological polar surface area (TPSA) is 27.3 Å². The van der Waals surface area contributed by atoms with Crippen LogP contribution in [-0.2, 0) is 6.54 Å². The minimum atomic E-state index is 0.684. The van der Waals surface area contributed by atoms with E-state index >= 15 is 0 Å². The monoisotopic (exact) mass is 247 g/mol. The van der Waals surface area contributed by atoms with Crippen molar-refractivity contribution in [2.24, 2.45) is 0 Å². The second-order valence-corrected chi connectivity index (χ2v) is 5.29. The number of piperazine rings is 1. The summed E-state index contributed by atoms with van der Waals surface area (Å²) in [5.41, 5.74) is 2.72. The highest BCUT2D eigenvalue weighted by Gasteiger charge is 2.17. The molecule has 0 bridgehead atoms. The van der Waals surface area contributed by atoms with Crippen LogP contribution in [-0.4, -0.2) is 44.2 Å². The van der Waals surface area contributed by atoms with Crippen LogP contribution in [0.15, 0.2) is 24.3 Å². The van der Waals surface area contributed by atoms with Crippen molar-refractivity contribution in [1.82, 2.24) is 15.5 Å². The molecule has 0 aliphatic carbocycles. The lowest BCUT2D eigenvalue weighted by atomic mass is 10.1. The van der Waals surface area contributed by atoms with Gasteiger partial charge in [0.1, 0.15) is 0 Å². The normalized spacial score (nSPS) is 21.1. The van der Waals surface area contributed by atoms with E-state index in [9.17, 15) is 0 Å². The zero-order valence-corrected chi connectivity index (χ0v) is 11.6. The Morgan fingerprint density at radius 3 is 3.11 bits per heavy atom. The third-order valence-electron chi connectivity index (χ3n) is 3.71. The minimum absolute atomic E-state index is 0.684. The van der Waals surface area contributed by atoms with E-state index in [4.69, 9.17) is 0 Å². The Morgan fingerprint density at radius 1 is 1.44 bits per heavy atom. The molecule has 1 fully saturated rings. The second kappa shape index (κ2) is 6.88. The zero-order chi connectivity index (χ0) is 12.8. The first-order valence-electron chi connectivity index (χ1n) is 6.93. The molecule has 2 rings (SSSR count). The van der Waals surface area contributed by atoms with Gasteiger partial charge in [-0.25, -0.2) is 0 Å². The molecule has 1 saturated heterocycles. The van der Waals surface area contributed by atoms with Crippen LogP contribution in [0, 0.1) is 6.92 Å². The Balaban J connectivity index is 1.66. The third-order valence-corrected chi connectivity index (χ3v) is 3.71. The van der Waals surface area contributed by atoms with Crippen LogP contribution in [0.1, 0.15) is 17.5 Å². The molecule has 1 atom stereocenters. The summed E-state index contributed by atoms with van der Waals surface area (Å²) in [6, 6.07) is 9.40. The van der Waals surface area contributed by atoms with Gasteiger partial charge in [-0.05, 0) is 32.5 Å². The van der Waals surface area contributed by atoms with E-state index in [0.717, 1.165) is 26.2 Å². The van der Waals surface area contributed by atoms with Crippen molar-refractivity contribution in [2.75, 3.05) is 33.2 Å². The maximum absolute atomic E-state index is 3.54. The molecule has 100 valence electrons. The average molecular weight is 247 g/mol. The van der Waals surface area contributed by atoms with Crippen molar-refractivity contribution >= 4 is 0 Å². The summed E-state index contributed by atoms with van der Waals surface area (Å²) in [4.78, 5) is 2.46. The molecule has 1 aliphatic heterocycles. The van der Waals surface area contributed by atoms with Crippen molar-refractivity contribution < 1.29 is 0 Å². The van der Waals surface area contributed by atoms with Crippen molar-refractivity contribution in [3.63, 3.8) is 0 Å². The molecule has 18 heavy (non-hydrogen) atoms. The number of hydrogen-bond donors (Lipinski definition) is 2. The highest BCUT2D eigenvalue weighted by atomic mass is 15.2. The lowest BCUT2D eigenvalue weighted by Crippen LogP contribution is -2.50. The molecule has 1 aliphatic rings. The Hall–Kier alpha value is -0.900. The fourth-order valence-corrected chi connectivity index (χ4v) is 2.51. The lowest BCUT2D eigenvalue weighted by Gasteiger charge is -2.33. The van der Waals surface area contributed by atoms with Gasteiger partial charge in [0.15, 0.2) is 0 Å². The van der Waals surface area contributed by atoms with Gasteiger partial charge in [0.2, 0.25) is 0 Å². The largest absolute Gasteiger partial charge is 0.314 e. The van der Waals surface area contributed by atoms with Crippen molar-refractivity contribution in [3.8, 4) is 0 Å². The van der Waals surface area contributed by atoms with Crippen LogP contribution in [0.4, 0.5) is 0 Å². The lowest BCUT2D eigenvalue weighted by molar-refractivity contribution is 0.189. The van der Waals surface area contributed by atoms with Crippen molar-refractivity contribution in [1.29, 1.82) is 0 Å². The standard InChI is InChI=1S/C15H25N3/c1-13-4-3-5-14(10-13)11-16-7-6-15-12-17-8-9-18(15)2/h3-5,10,15-17H,6-9,11-12H2,1-2H3. The molecule has 3 nitrogen and oxygen atoms in total. The van der Waals surface area contributed by atoms with Crippen LogP contribution >= 0.6 is 0 Å². The van der Waals surface area contributed by atoms with Gasteiger partial charge in [-0.2, -0.15) is 0 Å². The molecule has 0 amide bonds. The van der Waals surface area contributed by atoms with E-state index < -0.39 is 0 Å². The molecule has 0 spiro atoms. The van der Waals surface area contributed by atoms with E-state index in [1.165, 1.54) is 24.1 Å². The number of nitrogens with zero attached hydrogens (tertiary/aromatic N) is 1. The van der Waals surface area contributed by atoms with Gasteiger partial charge >= 0.3 is 0 Å². The quantitative estimate of drug-likeness (QED) is 0.770. The maximum atomic E-state index is 3.54. The molecule has 3 heteroatoms. The summed E-state index contributed by atoms with van der Waals surface area (Å²) in [6.45, 7) is 7.64. The van der Waals surface area contributed by atoms with Crippen LogP contribution in [0.5, 0.6) is 0 Å². The first kappa shape index (κ1) is 13.5. The highest BCUT2D eigenvalue weighted by molar-refractivity contribution is 5.21. The van der Waals surface area contributed by atoms with Gasteiger partial charge in [0, 0.05) is 32.2 Å². The van der Waals surface area contributed by atoms with Gasteiger partial charge < -0.3 is 15.5 Å². The summed E-state index contributed by atoms with van der Waals surface area (Å²) in [6.07, 6.45) is 1.22. The van der Waals surface area contributed by atoms with E-state index in [0.29, 0.717) is 6.04 Å². The Kier molecular flexibility index (Phi) is 5.17. The van der Waals surface area contributed by atoms with Gasteiger partial charge in [-0.1, -0.05) is 29.8 Å². The Labute approximate surface area is 111 Å². The molecular formula is C15H25N3. The molecule has 0 radical (unpaired) electrons. The van der Waals surface area contributed by atoms with E-state index in [1.54, 1.807) is 0 Å². The molecule has 2 N–H and O–H groups in total. The smallest absolute Gasteiger partial charge is 0.0230 e. The summed E-state index contributed by atoms with van der Waals surface area (Å²) in [5, 5.41) is 7.00. The molecule has 1 aromatic carbocycles. The summed E-state index contributed by atoms with van der Waals surface area (Å²) in [5.74, 6) is 0. The SMILES string of the molecule is Cc1cccc(CNCCC2CNCCN2C)c1. The number of nitrogens with one attached hydrogen (secondary N) is 2. The van der Waals surface area contributed by atoms with Crippen LogP contribution in [0.2, 0.25) is 0 Å². The van der Waals surface area contributed by atoms with Gasteiger partial charge in [-0.15, -0.1) is 0 Å². The van der Waals surface area contributed by atoms with Crippen LogP contribution in [0.3, 0.4) is 0 Å². The second-order valence-electron chi connectivity index (χ2n) is 5.29. The summed E-state index contributed by atoms with van der Waals surface area (Å²) < 4.78 is 0. The van der Waals surface area contributed by atoms with Gasteiger partial charge in [0.25, 0.3) is 0 Å². The third kappa shape index (κ3) is 4.09. The fraction of sp³-hybridized carbons (Fsp3) is 0.600. The summed E-state index contributed by atoms with van der Waals surface area (Å²) in [7, 11) is 2.23. The fourth-order valence-electron chi connectivity index (χ4n) is 2.51. The Morgan fingerprint density at radius 2 is 2.33 bits per heavy atom. The van der Waals surface area contributed by atoms with Crippen molar-refractivity contribution in [2.45, 2.75) is 25.9 Å². The first-order valence-corrected chi connectivity index (χ1v) is 6.93. The van der Waals surface area contributed by atoms with Gasteiger partial charge in [0.05, 0.1) is 0 Å². The predicted molar refractivity (Wildman–Crippen MR) is 76.8 cm³/mol. The molecular weight excluding hydrogens is 222 g/mol. The highest BCUT2D eigenvalue weighted by Crippen LogP contribution is 2.05. The predicted octanol–water partition coefficient (Wildman–Crippen LogP) is 1.38. The molecule has 0 saturated carbocycles. The number of likely N-dealkylation sites (N-methyl/N-ethyl adjacent to an activating group) is 1. The first-order chi connectivity index (χ1) is 8.75. The van der Waals surface area contributed by atoms with Crippen molar-refractivity contribution in [3.05, 3.63) is 35.4 Å². The number of benzene rings is 1. The summed E-state index contributed by atoms with van der Waals surface area (Å²) >= 11 is 0. The molecule has 1 heterocycles. The van der Waals surface area contributed by atoms with Gasteiger partial charge in [-0.3, -0.25) is 0 Å². The number of hydrogen-bond acceptors (Lipinski definition) is 3. The molecule has 1 aromatic rings. The maximum Gasteiger partial charge on any atom is 0.0230 e. The van der Waals surface area contributed by atoms with E-state index in [1.807, 2.05) is 0 Å². The minimum Gasteiger partial charge on any atom is -0.314 e. The zero-order valence-electron chi connectivity index (χ0n) is 11.6. The number of rotatable bonds is 5. The molecule has 0 aromatic heterocycles. The van der Waals surface area contributed by atoms with Crippen LogP contribution < -0.4 is 10.6 Å². The van der Waals surface area contributed by atoms with Crippen LogP contribution in [0.25, 0.3) is 0 Å². The number of aryl methyl sites for hydroxylation is 1. The van der Waals surface area contributed by atoms with E-state index in [-0.39, 0.29) is 0 Å².